The minimum absolute atomic E-state index is 0. The zero-order chi connectivity index (χ0) is 28.3. The van der Waals surface area contributed by atoms with Crippen LogP contribution in [-0.2, 0) is 19.1 Å². The first-order valence-corrected chi connectivity index (χ1v) is 15.0. The number of piperidine rings is 2. The van der Waals surface area contributed by atoms with Crippen molar-refractivity contribution < 1.29 is 24.5 Å². The summed E-state index contributed by atoms with van der Waals surface area (Å²) in [7, 11) is 0. The smallest absolute Gasteiger partial charge is 0.332 e. The van der Waals surface area contributed by atoms with Gasteiger partial charge in [-0.3, -0.25) is 20.8 Å². The monoisotopic (exact) mass is 584 g/mol. The zero-order valence-electron chi connectivity index (χ0n) is 23.8. The van der Waals surface area contributed by atoms with Gasteiger partial charge < -0.3 is 14.9 Å². The van der Waals surface area contributed by atoms with Gasteiger partial charge in [0.1, 0.15) is 0 Å². The van der Waals surface area contributed by atoms with Crippen molar-refractivity contribution in [3.63, 3.8) is 0 Å². The first-order valence-electron chi connectivity index (χ1n) is 15.0. The third-order valence-corrected chi connectivity index (χ3v) is 9.74. The Bertz CT molecular complexity index is 1590. The summed E-state index contributed by atoms with van der Waals surface area (Å²) >= 11 is 0. The number of benzene rings is 2. The lowest BCUT2D eigenvalue weighted by molar-refractivity contribution is -0.162. The summed E-state index contributed by atoms with van der Waals surface area (Å²) in [5.74, 6) is -0.759. The van der Waals surface area contributed by atoms with Crippen LogP contribution in [0.2, 0.25) is 0 Å². The van der Waals surface area contributed by atoms with Crippen molar-refractivity contribution in [2.24, 2.45) is 0 Å². The van der Waals surface area contributed by atoms with Crippen molar-refractivity contribution in [3.8, 4) is 0 Å². The molecule has 2 aromatic heterocycles. The molecule has 0 spiro atoms. The molecule has 0 radical (unpaired) electrons. The Morgan fingerprint density at radius 3 is 1.63 bits per heavy atom. The number of aromatic nitrogens is 4. The first-order chi connectivity index (χ1) is 20.5. The Balaban J connectivity index is 0.00000300. The second kappa shape index (κ2) is 10.6. The molecule has 6 heterocycles. The molecular formula is C32H36N6O5. The number of aromatic amines is 2. The van der Waals surface area contributed by atoms with Crippen LogP contribution in [0.1, 0.15) is 74.6 Å². The topological polar surface area (TPSA) is 166 Å². The Hall–Kier alpha value is -4.06. The van der Waals surface area contributed by atoms with E-state index in [0.29, 0.717) is 12.8 Å². The van der Waals surface area contributed by atoms with Gasteiger partial charge in [-0.15, -0.1) is 0 Å². The highest BCUT2D eigenvalue weighted by molar-refractivity contribution is 5.92. The van der Waals surface area contributed by atoms with Crippen LogP contribution in [0.25, 0.3) is 21.8 Å². The zero-order valence-corrected chi connectivity index (χ0v) is 23.8. The molecule has 4 aliphatic rings. The maximum atomic E-state index is 13.0. The molecule has 0 amide bonds. The number of hydrogen-bond acceptors (Lipinski definition) is 8. The number of carbonyl (C=O) groups excluding carboxylic acids is 2. The quantitative estimate of drug-likeness (QED) is 0.197. The van der Waals surface area contributed by atoms with Crippen molar-refractivity contribution >= 4 is 33.7 Å². The fraction of sp³-hybridized carbons (Fsp3) is 0.438. The fourth-order valence-corrected chi connectivity index (χ4v) is 8.01. The molecule has 4 aliphatic heterocycles. The Kier molecular flexibility index (Phi) is 6.83. The van der Waals surface area contributed by atoms with Crippen molar-refractivity contribution in [1.82, 2.24) is 31.0 Å². The van der Waals surface area contributed by atoms with Crippen LogP contribution in [-0.4, -0.2) is 61.3 Å². The Labute approximate surface area is 248 Å². The summed E-state index contributed by atoms with van der Waals surface area (Å²) in [5.41, 5.74) is 2.54. The van der Waals surface area contributed by atoms with Crippen LogP contribution in [0, 0.1) is 0 Å². The molecule has 2 aromatic carbocycles. The molecule has 43 heavy (non-hydrogen) atoms. The number of nitrogens with zero attached hydrogens (tertiary/aromatic N) is 2. The summed E-state index contributed by atoms with van der Waals surface area (Å²) in [5, 5.41) is 24.8. The van der Waals surface area contributed by atoms with E-state index in [4.69, 9.17) is 9.47 Å². The van der Waals surface area contributed by atoms with E-state index in [2.05, 4.69) is 43.2 Å². The molecule has 6 atom stereocenters. The predicted octanol–water partition coefficient (Wildman–Crippen LogP) is 3.61. The number of hydrogen-bond donors (Lipinski definition) is 4. The summed E-state index contributed by atoms with van der Waals surface area (Å²) < 4.78 is 12.0. The molecule has 0 aliphatic carbocycles. The van der Waals surface area contributed by atoms with Gasteiger partial charge in [0.2, 0.25) is 0 Å². The van der Waals surface area contributed by atoms with Crippen LogP contribution >= 0.6 is 0 Å². The van der Waals surface area contributed by atoms with Gasteiger partial charge in [-0.05, 0) is 37.8 Å². The minimum atomic E-state index is -0.763. The van der Waals surface area contributed by atoms with Gasteiger partial charge in [0.15, 0.2) is 11.4 Å². The molecule has 4 bridgehead atoms. The van der Waals surface area contributed by atoms with E-state index in [0.717, 1.165) is 71.7 Å². The van der Waals surface area contributed by atoms with Crippen LogP contribution in [0.4, 0.5) is 0 Å². The van der Waals surface area contributed by atoms with Gasteiger partial charge in [0, 0.05) is 72.5 Å². The van der Waals surface area contributed by atoms with Gasteiger partial charge in [-0.25, -0.2) is 9.59 Å². The largest absolute Gasteiger partial charge is 0.441 e. The van der Waals surface area contributed by atoms with E-state index in [1.807, 2.05) is 36.4 Å². The summed E-state index contributed by atoms with van der Waals surface area (Å²) in [4.78, 5) is 26.0. The number of para-hydroxylation sites is 2. The van der Waals surface area contributed by atoms with Gasteiger partial charge in [-0.2, -0.15) is 10.2 Å². The van der Waals surface area contributed by atoms with Crippen molar-refractivity contribution in [2.75, 3.05) is 0 Å². The second-order valence-corrected chi connectivity index (χ2v) is 12.5. The van der Waals surface area contributed by atoms with Gasteiger partial charge in [-0.1, -0.05) is 36.4 Å². The molecule has 4 aromatic rings. The molecule has 4 fully saturated rings. The van der Waals surface area contributed by atoms with Gasteiger partial charge >= 0.3 is 11.9 Å². The molecule has 11 nitrogen and oxygen atoms in total. The number of ether oxygens (including phenoxy) is 2. The maximum absolute atomic E-state index is 13.0. The molecule has 6 unspecified atom stereocenters. The summed E-state index contributed by atoms with van der Waals surface area (Å²) in [6.45, 7) is 0. The normalized spacial score (nSPS) is 31.3. The average Bonchev–Trinajstić information content (AvgIpc) is 3.75. The van der Waals surface area contributed by atoms with E-state index in [1.165, 1.54) is 12.2 Å². The van der Waals surface area contributed by atoms with Crippen molar-refractivity contribution in [1.29, 1.82) is 0 Å². The maximum Gasteiger partial charge on any atom is 0.332 e. The number of fused-ring (bicyclic) bond motifs is 6. The lowest BCUT2D eigenvalue weighted by Crippen LogP contribution is -2.52. The number of H-pyrrole nitrogens is 2. The highest BCUT2D eigenvalue weighted by atomic mass is 16.6. The van der Waals surface area contributed by atoms with Crippen LogP contribution in [0.3, 0.4) is 0 Å². The standard InChI is InChI=1S/C32H34N6O4.H2O/c39-27(41-31-13-11-21(33-31)15-19(17-31)29-23-5-1-3-7-25(23)35-37-29)9-10-28(40)42-32-14-12-22(34-32)16-20(18-32)30-24-6-2-4-8-26(24)36-38-30;/h1-10,19-22,33-34H,11-18H2,(H,35,37)(H,36,38);1H2/b10-9+;. The first kappa shape index (κ1) is 27.8. The molecule has 224 valence electrons. The van der Waals surface area contributed by atoms with Crippen molar-refractivity contribution in [2.45, 2.75) is 86.7 Å². The second-order valence-electron chi connectivity index (χ2n) is 12.5. The number of esters is 2. The van der Waals surface area contributed by atoms with E-state index < -0.39 is 23.4 Å². The van der Waals surface area contributed by atoms with Crippen LogP contribution in [0.15, 0.2) is 60.7 Å². The van der Waals surface area contributed by atoms with E-state index in [-0.39, 0.29) is 29.4 Å². The third-order valence-electron chi connectivity index (χ3n) is 9.74. The third kappa shape index (κ3) is 5.01. The lowest BCUT2D eigenvalue weighted by Gasteiger charge is -2.38. The van der Waals surface area contributed by atoms with Gasteiger partial charge in [0.25, 0.3) is 0 Å². The SMILES string of the molecule is O.O=C(/C=C/C(=O)OC12CCC(CC(c3n[nH]c4ccccc34)C1)N2)OC12CCC(CC(c3n[nH]c4ccccc34)C1)N2. The average molecular weight is 585 g/mol. The number of carbonyl (C=O) groups is 2. The molecule has 8 rings (SSSR count). The van der Waals surface area contributed by atoms with Crippen LogP contribution in [0.5, 0.6) is 0 Å². The molecule has 11 heteroatoms. The predicted molar refractivity (Wildman–Crippen MR) is 159 cm³/mol. The van der Waals surface area contributed by atoms with E-state index in [9.17, 15) is 9.59 Å². The van der Waals surface area contributed by atoms with Gasteiger partial charge in [0.05, 0.1) is 22.4 Å². The Morgan fingerprint density at radius 1 is 0.721 bits per heavy atom. The van der Waals surface area contributed by atoms with E-state index in [1.54, 1.807) is 0 Å². The molecule has 4 saturated heterocycles. The Morgan fingerprint density at radius 2 is 1.16 bits per heavy atom. The number of nitrogens with one attached hydrogen (secondary N) is 4. The van der Waals surface area contributed by atoms with E-state index >= 15 is 0 Å². The molecule has 6 N–H and O–H groups in total. The fourth-order valence-electron chi connectivity index (χ4n) is 8.01. The summed E-state index contributed by atoms with van der Waals surface area (Å²) in [6, 6.07) is 16.7. The summed E-state index contributed by atoms with van der Waals surface area (Å²) in [6.07, 6.45) is 8.90. The highest BCUT2D eigenvalue weighted by Gasteiger charge is 2.50. The van der Waals surface area contributed by atoms with Crippen molar-refractivity contribution in [3.05, 3.63) is 72.1 Å². The molecule has 0 saturated carbocycles. The number of rotatable bonds is 6. The lowest BCUT2D eigenvalue weighted by atomic mass is 9.86. The minimum Gasteiger partial charge on any atom is -0.441 e. The highest BCUT2D eigenvalue weighted by Crippen LogP contribution is 2.46. The molecular weight excluding hydrogens is 548 g/mol. The van der Waals surface area contributed by atoms with Crippen LogP contribution < -0.4 is 10.6 Å².